The van der Waals surface area contributed by atoms with Crippen LogP contribution < -0.4 is 10.1 Å². The van der Waals surface area contributed by atoms with Crippen molar-refractivity contribution in [2.24, 2.45) is 0 Å². The Hall–Kier alpha value is -2.29. The first kappa shape index (κ1) is 15.1. The van der Waals surface area contributed by atoms with Crippen molar-refractivity contribution in [2.75, 3.05) is 18.5 Å². The van der Waals surface area contributed by atoms with Crippen molar-refractivity contribution in [2.45, 2.75) is 6.92 Å². The zero-order chi connectivity index (χ0) is 15.1. The van der Waals surface area contributed by atoms with Gasteiger partial charge >= 0.3 is 0 Å². The molecule has 0 radical (unpaired) electrons. The molecule has 0 saturated carbocycles. The fourth-order valence-corrected chi connectivity index (χ4v) is 2.45. The van der Waals surface area contributed by atoms with Crippen LogP contribution in [-0.4, -0.2) is 24.2 Å². The maximum Gasteiger partial charge on any atom is 0.267 e. The fraction of sp³-hybridized carbons (Fsp3) is 0.188. The predicted molar refractivity (Wildman–Crippen MR) is 83.8 cm³/mol. The Morgan fingerprint density at radius 1 is 1.33 bits per heavy atom. The third kappa shape index (κ3) is 4.09. The summed E-state index contributed by atoms with van der Waals surface area (Å²) in [5.41, 5.74) is 1.32. The number of aliphatic hydroxyl groups excluding tert-OH is 1. The van der Waals surface area contributed by atoms with Crippen molar-refractivity contribution in [3.8, 4) is 17.6 Å². The van der Waals surface area contributed by atoms with E-state index in [1.165, 1.54) is 11.3 Å². The fourth-order valence-electron chi connectivity index (χ4n) is 1.71. The maximum absolute atomic E-state index is 12.2. The van der Waals surface area contributed by atoms with Gasteiger partial charge in [-0.1, -0.05) is 11.8 Å². The first-order chi connectivity index (χ1) is 10.2. The molecule has 0 fully saturated rings. The minimum Gasteiger partial charge on any atom is -0.494 e. The number of nitrogens with one attached hydrogen (secondary N) is 1. The van der Waals surface area contributed by atoms with Crippen LogP contribution in [0.1, 0.15) is 22.2 Å². The second-order valence-electron chi connectivity index (χ2n) is 4.03. The number of thiophene rings is 1. The van der Waals surface area contributed by atoms with Crippen LogP contribution in [0.25, 0.3) is 0 Å². The lowest BCUT2D eigenvalue weighted by Gasteiger charge is -2.06. The van der Waals surface area contributed by atoms with Gasteiger partial charge < -0.3 is 15.2 Å². The van der Waals surface area contributed by atoms with Gasteiger partial charge in [-0.05, 0) is 42.6 Å². The molecular formula is C16H15NO3S. The van der Waals surface area contributed by atoms with E-state index >= 15 is 0 Å². The summed E-state index contributed by atoms with van der Waals surface area (Å²) >= 11 is 1.32. The number of carbonyl (C=O) groups excluding carboxylic acids is 1. The Kier molecular flexibility index (Phi) is 5.38. The van der Waals surface area contributed by atoms with E-state index in [1.54, 1.807) is 35.7 Å². The number of carbonyl (C=O) groups is 1. The number of aliphatic hydroxyl groups is 1. The molecule has 0 aliphatic carbocycles. The van der Waals surface area contributed by atoms with Gasteiger partial charge in [0.2, 0.25) is 0 Å². The second kappa shape index (κ2) is 7.48. The molecule has 0 unspecified atom stereocenters. The standard InChI is InChI=1S/C16H15NO3S/c1-2-20-14-7-5-13(6-8-14)17-16(19)15-12(4-3-10-18)9-11-21-15/h5-9,11,18H,2,10H2,1H3,(H,17,19). The number of ether oxygens (including phenoxy) is 1. The Morgan fingerprint density at radius 2 is 2.10 bits per heavy atom. The first-order valence-corrected chi connectivity index (χ1v) is 7.34. The minimum absolute atomic E-state index is 0.212. The van der Waals surface area contributed by atoms with Gasteiger partial charge in [0.1, 0.15) is 17.2 Å². The molecule has 0 atom stereocenters. The van der Waals surface area contributed by atoms with Gasteiger partial charge in [0, 0.05) is 11.3 Å². The Labute approximate surface area is 127 Å². The Bertz CT molecular complexity index is 665. The van der Waals surface area contributed by atoms with Gasteiger partial charge in [0.25, 0.3) is 5.91 Å². The molecule has 1 aromatic heterocycles. The number of hydrogen-bond donors (Lipinski definition) is 2. The van der Waals surface area contributed by atoms with Gasteiger partial charge in [0.15, 0.2) is 0 Å². The molecule has 0 saturated heterocycles. The summed E-state index contributed by atoms with van der Waals surface area (Å²) in [4.78, 5) is 12.7. The average molecular weight is 301 g/mol. The number of rotatable bonds is 4. The summed E-state index contributed by atoms with van der Waals surface area (Å²) in [6, 6.07) is 8.95. The second-order valence-corrected chi connectivity index (χ2v) is 4.95. The van der Waals surface area contributed by atoms with Crippen LogP contribution in [0, 0.1) is 11.8 Å². The van der Waals surface area contributed by atoms with Crippen molar-refractivity contribution >= 4 is 22.9 Å². The molecule has 5 heteroatoms. The third-order valence-electron chi connectivity index (χ3n) is 2.60. The summed E-state index contributed by atoms with van der Waals surface area (Å²) in [7, 11) is 0. The van der Waals surface area contributed by atoms with Gasteiger partial charge in [-0.15, -0.1) is 11.3 Å². The van der Waals surface area contributed by atoms with E-state index in [-0.39, 0.29) is 12.5 Å². The van der Waals surface area contributed by atoms with Crippen LogP contribution in [0.15, 0.2) is 35.7 Å². The van der Waals surface area contributed by atoms with Crippen LogP contribution in [-0.2, 0) is 0 Å². The van der Waals surface area contributed by atoms with Crippen LogP contribution in [0.3, 0.4) is 0 Å². The summed E-state index contributed by atoms with van der Waals surface area (Å²) in [6.45, 7) is 2.30. The molecule has 108 valence electrons. The summed E-state index contributed by atoms with van der Waals surface area (Å²) in [5.74, 6) is 5.87. The van der Waals surface area contributed by atoms with E-state index in [4.69, 9.17) is 9.84 Å². The average Bonchev–Trinajstić information content (AvgIpc) is 2.96. The first-order valence-electron chi connectivity index (χ1n) is 6.46. The lowest BCUT2D eigenvalue weighted by Crippen LogP contribution is -2.11. The molecular weight excluding hydrogens is 286 g/mol. The zero-order valence-corrected chi connectivity index (χ0v) is 12.4. The molecule has 2 N–H and O–H groups in total. The maximum atomic E-state index is 12.2. The Morgan fingerprint density at radius 3 is 2.76 bits per heavy atom. The van der Waals surface area contributed by atoms with Crippen molar-refractivity contribution < 1.29 is 14.6 Å². The molecule has 0 spiro atoms. The van der Waals surface area contributed by atoms with Crippen molar-refractivity contribution in [3.63, 3.8) is 0 Å². The molecule has 0 bridgehead atoms. The van der Waals surface area contributed by atoms with Gasteiger partial charge in [0.05, 0.1) is 6.61 Å². The third-order valence-corrected chi connectivity index (χ3v) is 3.51. The quantitative estimate of drug-likeness (QED) is 0.854. The van der Waals surface area contributed by atoms with Gasteiger partial charge in [-0.25, -0.2) is 0 Å². The van der Waals surface area contributed by atoms with Gasteiger partial charge in [-0.2, -0.15) is 0 Å². The van der Waals surface area contributed by atoms with Crippen LogP contribution >= 0.6 is 11.3 Å². The highest BCUT2D eigenvalue weighted by molar-refractivity contribution is 7.12. The lowest BCUT2D eigenvalue weighted by atomic mass is 10.2. The molecule has 1 aromatic carbocycles. The minimum atomic E-state index is -0.226. The van der Waals surface area contributed by atoms with E-state index in [9.17, 15) is 4.79 Å². The van der Waals surface area contributed by atoms with E-state index < -0.39 is 0 Å². The predicted octanol–water partition coefficient (Wildman–Crippen LogP) is 2.74. The largest absolute Gasteiger partial charge is 0.494 e. The molecule has 0 aliphatic rings. The summed E-state index contributed by atoms with van der Waals surface area (Å²) in [5, 5.41) is 13.3. The zero-order valence-electron chi connectivity index (χ0n) is 11.6. The van der Waals surface area contributed by atoms with E-state index in [1.807, 2.05) is 6.92 Å². The molecule has 4 nitrogen and oxygen atoms in total. The van der Waals surface area contributed by atoms with E-state index in [0.29, 0.717) is 22.7 Å². The number of benzene rings is 1. The van der Waals surface area contributed by atoms with Crippen LogP contribution in [0.4, 0.5) is 5.69 Å². The topological polar surface area (TPSA) is 58.6 Å². The van der Waals surface area contributed by atoms with Gasteiger partial charge in [-0.3, -0.25) is 4.79 Å². The van der Waals surface area contributed by atoms with Crippen molar-refractivity contribution in [1.29, 1.82) is 0 Å². The highest BCUT2D eigenvalue weighted by atomic mass is 32.1. The lowest BCUT2D eigenvalue weighted by molar-refractivity contribution is 0.103. The molecule has 2 rings (SSSR count). The van der Waals surface area contributed by atoms with E-state index in [0.717, 1.165) is 5.75 Å². The van der Waals surface area contributed by atoms with Crippen LogP contribution in [0.2, 0.25) is 0 Å². The highest BCUT2D eigenvalue weighted by Gasteiger charge is 2.12. The monoisotopic (exact) mass is 301 g/mol. The SMILES string of the molecule is CCOc1ccc(NC(=O)c2sccc2C#CCO)cc1. The molecule has 21 heavy (non-hydrogen) atoms. The highest BCUT2D eigenvalue weighted by Crippen LogP contribution is 2.20. The smallest absolute Gasteiger partial charge is 0.267 e. The van der Waals surface area contributed by atoms with Crippen molar-refractivity contribution in [3.05, 3.63) is 46.2 Å². The number of amides is 1. The van der Waals surface area contributed by atoms with Crippen LogP contribution in [0.5, 0.6) is 5.75 Å². The Balaban J connectivity index is 2.09. The molecule has 0 aliphatic heterocycles. The number of hydrogen-bond acceptors (Lipinski definition) is 4. The molecule has 2 aromatic rings. The summed E-state index contributed by atoms with van der Waals surface area (Å²) in [6.07, 6.45) is 0. The molecule has 1 heterocycles. The summed E-state index contributed by atoms with van der Waals surface area (Å²) < 4.78 is 5.35. The molecule has 1 amide bonds. The van der Waals surface area contributed by atoms with E-state index in [2.05, 4.69) is 17.2 Å². The number of anilines is 1. The van der Waals surface area contributed by atoms with Crippen molar-refractivity contribution in [1.82, 2.24) is 0 Å². The normalized spacial score (nSPS) is 9.62.